The summed E-state index contributed by atoms with van der Waals surface area (Å²) in [5.74, 6) is -1.24. The van der Waals surface area contributed by atoms with Crippen molar-refractivity contribution in [3.05, 3.63) is 44.0 Å². The first-order chi connectivity index (χ1) is 13.1. The minimum Gasteiger partial charge on any atom is -0.475 e. The maximum Gasteiger partial charge on any atom is 0.430 e. The minimum atomic E-state index is -4.84. The van der Waals surface area contributed by atoms with E-state index in [9.17, 15) is 28.1 Å². The van der Waals surface area contributed by atoms with Gasteiger partial charge in [-0.05, 0) is 30.7 Å². The van der Waals surface area contributed by atoms with E-state index in [0.29, 0.717) is 5.56 Å². The van der Waals surface area contributed by atoms with Gasteiger partial charge in [0.15, 0.2) is 0 Å². The lowest BCUT2D eigenvalue weighted by molar-refractivity contribution is -0.758. The Kier molecular flexibility index (Phi) is 7.08. The number of benzene rings is 1. The Morgan fingerprint density at radius 2 is 1.96 bits per heavy atom. The molecule has 0 saturated carbocycles. The Labute approximate surface area is 161 Å². The van der Waals surface area contributed by atoms with Crippen LogP contribution in [-0.2, 0) is 19.1 Å². The van der Waals surface area contributed by atoms with E-state index in [1.165, 1.54) is 19.1 Å². The molecule has 0 unspecified atom stereocenters. The van der Waals surface area contributed by atoms with Crippen molar-refractivity contribution in [1.82, 2.24) is 0 Å². The van der Waals surface area contributed by atoms with Gasteiger partial charge >= 0.3 is 12.1 Å². The van der Waals surface area contributed by atoms with Gasteiger partial charge in [-0.2, -0.15) is 13.2 Å². The van der Waals surface area contributed by atoms with Gasteiger partial charge < -0.3 is 19.0 Å². The summed E-state index contributed by atoms with van der Waals surface area (Å²) in [5.41, 5.74) is -0.102. The lowest BCUT2D eigenvalue weighted by atomic mass is 9.99. The molecule has 1 aromatic rings. The van der Waals surface area contributed by atoms with Crippen molar-refractivity contribution in [1.29, 1.82) is 0 Å². The lowest BCUT2D eigenvalue weighted by Gasteiger charge is -2.29. The summed E-state index contributed by atoms with van der Waals surface area (Å²) in [4.78, 5) is 26.1. The summed E-state index contributed by atoms with van der Waals surface area (Å²) in [6.45, 7) is 0.517. The van der Waals surface area contributed by atoms with Gasteiger partial charge in [0, 0.05) is 10.6 Å². The van der Waals surface area contributed by atoms with E-state index < -0.39 is 28.9 Å². The Morgan fingerprint density at radius 1 is 1.29 bits per heavy atom. The summed E-state index contributed by atoms with van der Waals surface area (Å²) in [6.07, 6.45) is -6.29. The Hall–Kier alpha value is -2.53. The molecule has 0 amide bonds. The molecule has 0 N–H and O–H groups in total. The maximum absolute atomic E-state index is 13.4. The van der Waals surface area contributed by atoms with E-state index in [2.05, 4.69) is 4.84 Å². The third-order valence-electron chi connectivity index (χ3n) is 3.52. The van der Waals surface area contributed by atoms with Gasteiger partial charge in [-0.25, -0.2) is 4.79 Å². The van der Waals surface area contributed by atoms with Crippen LogP contribution in [0.4, 0.5) is 13.2 Å². The predicted molar refractivity (Wildman–Crippen MR) is 89.4 cm³/mol. The van der Waals surface area contributed by atoms with Crippen molar-refractivity contribution in [2.45, 2.75) is 19.2 Å². The molecular formula is C16H15ClF3NO7. The zero-order chi connectivity index (χ0) is 20.9. The predicted octanol–water partition coefficient (Wildman–Crippen LogP) is 3.12. The van der Waals surface area contributed by atoms with E-state index >= 15 is 0 Å². The molecule has 2 rings (SSSR count). The van der Waals surface area contributed by atoms with E-state index in [4.69, 9.17) is 25.8 Å². The fraction of sp³-hybridized carbons (Fsp3) is 0.438. The quantitative estimate of drug-likeness (QED) is 0.273. The molecule has 0 bridgehead atoms. The SMILES string of the molecule is Cc1cc(Cl)cc2c1O[C@H](C(F)(F)F)C(C(=O)OCCOCCO[N+](=O)[O-])=C2. The molecule has 1 aliphatic heterocycles. The molecule has 1 aromatic carbocycles. The number of rotatable bonds is 8. The number of ether oxygens (including phenoxy) is 3. The highest BCUT2D eigenvalue weighted by molar-refractivity contribution is 6.30. The molecule has 1 atom stereocenters. The second-order valence-corrected chi connectivity index (χ2v) is 6.02. The monoisotopic (exact) mass is 425 g/mol. The van der Waals surface area contributed by atoms with Gasteiger partial charge in [-0.1, -0.05) is 11.6 Å². The largest absolute Gasteiger partial charge is 0.475 e. The van der Waals surface area contributed by atoms with Crippen LogP contribution in [0.2, 0.25) is 5.02 Å². The zero-order valence-electron chi connectivity index (χ0n) is 14.5. The Morgan fingerprint density at radius 3 is 2.61 bits per heavy atom. The zero-order valence-corrected chi connectivity index (χ0v) is 15.2. The van der Waals surface area contributed by atoms with Gasteiger partial charge in [-0.3, -0.25) is 0 Å². The van der Waals surface area contributed by atoms with E-state index in [-0.39, 0.29) is 42.8 Å². The lowest BCUT2D eigenvalue weighted by Crippen LogP contribution is -2.41. The van der Waals surface area contributed by atoms with Crippen molar-refractivity contribution in [2.75, 3.05) is 26.4 Å². The minimum absolute atomic E-state index is 0.0163. The van der Waals surface area contributed by atoms with Crippen LogP contribution < -0.4 is 4.74 Å². The topological polar surface area (TPSA) is 97.1 Å². The molecule has 0 radical (unpaired) electrons. The normalized spacial score (nSPS) is 15.9. The summed E-state index contributed by atoms with van der Waals surface area (Å²) < 4.78 is 54.8. The van der Waals surface area contributed by atoms with Crippen LogP contribution >= 0.6 is 11.6 Å². The first-order valence-electron chi connectivity index (χ1n) is 7.87. The maximum atomic E-state index is 13.4. The number of fused-ring (bicyclic) bond motifs is 1. The second kappa shape index (κ2) is 9.11. The van der Waals surface area contributed by atoms with Crippen molar-refractivity contribution in [3.63, 3.8) is 0 Å². The van der Waals surface area contributed by atoms with Gasteiger partial charge in [0.05, 0.1) is 18.8 Å². The van der Waals surface area contributed by atoms with Crippen LogP contribution in [0.15, 0.2) is 17.7 Å². The van der Waals surface area contributed by atoms with Crippen LogP contribution in [0.25, 0.3) is 6.08 Å². The van der Waals surface area contributed by atoms with Crippen LogP contribution in [0, 0.1) is 17.0 Å². The molecule has 1 heterocycles. The number of nitrogens with zero attached hydrogens (tertiary/aromatic N) is 1. The van der Waals surface area contributed by atoms with Crippen LogP contribution in [0.5, 0.6) is 5.75 Å². The molecule has 0 aliphatic carbocycles. The number of carbonyl (C=O) groups is 1. The molecule has 12 heteroatoms. The number of alkyl halides is 3. The van der Waals surface area contributed by atoms with Crippen molar-refractivity contribution < 1.29 is 42.1 Å². The molecule has 1 aliphatic rings. The molecule has 154 valence electrons. The molecule has 0 spiro atoms. The molecule has 28 heavy (non-hydrogen) atoms. The summed E-state index contributed by atoms with van der Waals surface area (Å²) in [7, 11) is 0. The van der Waals surface area contributed by atoms with Gasteiger partial charge in [-0.15, -0.1) is 10.1 Å². The Balaban J connectivity index is 2.04. The van der Waals surface area contributed by atoms with Gasteiger partial charge in [0.1, 0.15) is 19.0 Å². The fourth-order valence-electron chi connectivity index (χ4n) is 2.41. The number of esters is 1. The van der Waals surface area contributed by atoms with Crippen molar-refractivity contribution in [2.24, 2.45) is 0 Å². The number of halogens is 4. The average molecular weight is 426 g/mol. The highest BCUT2D eigenvalue weighted by Crippen LogP contribution is 2.40. The fourth-order valence-corrected chi connectivity index (χ4v) is 2.69. The number of hydrogen-bond acceptors (Lipinski definition) is 7. The van der Waals surface area contributed by atoms with Gasteiger partial charge in [0.2, 0.25) is 6.10 Å². The van der Waals surface area contributed by atoms with E-state index in [1.54, 1.807) is 0 Å². The molecule has 0 aromatic heterocycles. The highest BCUT2D eigenvalue weighted by Gasteiger charge is 2.49. The van der Waals surface area contributed by atoms with Crippen LogP contribution in [0.3, 0.4) is 0 Å². The van der Waals surface area contributed by atoms with E-state index in [0.717, 1.165) is 6.08 Å². The molecule has 8 nitrogen and oxygen atoms in total. The summed E-state index contributed by atoms with van der Waals surface area (Å²) >= 11 is 5.91. The van der Waals surface area contributed by atoms with Crippen molar-refractivity contribution in [3.8, 4) is 5.75 Å². The Bertz CT molecular complexity index is 782. The number of hydrogen-bond donors (Lipinski definition) is 0. The number of aryl methyl sites for hydroxylation is 1. The third-order valence-corrected chi connectivity index (χ3v) is 3.73. The second-order valence-electron chi connectivity index (χ2n) is 5.59. The van der Waals surface area contributed by atoms with Crippen molar-refractivity contribution >= 4 is 23.6 Å². The standard InChI is InChI=1S/C16H15ClF3NO7/c1-9-6-11(17)7-10-8-12(14(16(18,19)20)28-13(9)10)15(22)26-4-2-25-3-5-27-21(23)24/h6-8,14H,2-5H2,1H3/t14-/m0/s1. The van der Waals surface area contributed by atoms with E-state index in [1.807, 2.05) is 0 Å². The average Bonchev–Trinajstić information content (AvgIpc) is 2.58. The first-order valence-corrected chi connectivity index (χ1v) is 8.24. The molecule has 0 fully saturated rings. The van der Waals surface area contributed by atoms with Crippen LogP contribution in [0.1, 0.15) is 11.1 Å². The third kappa shape index (κ3) is 5.73. The van der Waals surface area contributed by atoms with Crippen LogP contribution in [-0.4, -0.2) is 49.8 Å². The highest BCUT2D eigenvalue weighted by atomic mass is 35.5. The molecule has 0 saturated heterocycles. The smallest absolute Gasteiger partial charge is 0.430 e. The molecular weight excluding hydrogens is 411 g/mol. The number of carbonyl (C=O) groups excluding carboxylic acids is 1. The summed E-state index contributed by atoms with van der Waals surface area (Å²) in [6, 6.07) is 2.83. The van der Waals surface area contributed by atoms with Gasteiger partial charge in [0.25, 0.3) is 5.09 Å². The first kappa shape index (κ1) is 21.8. The summed E-state index contributed by atoms with van der Waals surface area (Å²) in [5, 5.41) is 9.21.